The van der Waals surface area contributed by atoms with E-state index in [0.29, 0.717) is 21.4 Å². The second-order valence-electron chi connectivity index (χ2n) is 6.55. The van der Waals surface area contributed by atoms with E-state index >= 15 is 0 Å². The van der Waals surface area contributed by atoms with Crippen LogP contribution >= 0.6 is 51.3 Å². The number of thiazole rings is 1. The van der Waals surface area contributed by atoms with E-state index in [-0.39, 0.29) is 24.1 Å². The van der Waals surface area contributed by atoms with Crippen LogP contribution in [0.5, 0.6) is 0 Å². The lowest BCUT2D eigenvalue weighted by Crippen LogP contribution is -2.43. The Morgan fingerprint density at radius 3 is 2.72 bits per heavy atom. The van der Waals surface area contributed by atoms with E-state index in [9.17, 15) is 4.79 Å². The van der Waals surface area contributed by atoms with Crippen molar-refractivity contribution in [3.8, 4) is 0 Å². The van der Waals surface area contributed by atoms with Crippen molar-refractivity contribution in [3.05, 3.63) is 45.3 Å². The molecule has 3 heterocycles. The molecule has 6 nitrogen and oxygen atoms in total. The highest BCUT2D eigenvalue weighted by Gasteiger charge is 2.25. The summed E-state index contributed by atoms with van der Waals surface area (Å²) in [6, 6.07) is 7.19. The van der Waals surface area contributed by atoms with Gasteiger partial charge in [-0.2, -0.15) is 0 Å². The van der Waals surface area contributed by atoms with Crippen molar-refractivity contribution in [2.45, 2.75) is 6.92 Å². The molecule has 0 unspecified atom stereocenters. The molecule has 0 N–H and O–H groups in total. The molecule has 1 amide bonds. The molecule has 1 fully saturated rings. The van der Waals surface area contributed by atoms with Crippen LogP contribution in [0.15, 0.2) is 33.4 Å². The Bertz CT molecular complexity index is 965. The number of hydrogen-bond acceptors (Lipinski definition) is 6. The largest absolute Gasteiger partial charge is 0.444 e. The smallest absolute Gasteiger partial charge is 0.295 e. The fourth-order valence-electron chi connectivity index (χ4n) is 3.12. The van der Waals surface area contributed by atoms with Crippen molar-refractivity contribution in [2.24, 2.45) is 0 Å². The van der Waals surface area contributed by atoms with Gasteiger partial charge in [0.1, 0.15) is 0 Å². The van der Waals surface area contributed by atoms with Crippen molar-refractivity contribution >= 4 is 72.5 Å². The maximum Gasteiger partial charge on any atom is 0.295 e. The van der Waals surface area contributed by atoms with Gasteiger partial charge in [0, 0.05) is 26.2 Å². The van der Waals surface area contributed by atoms with Gasteiger partial charge in [0.25, 0.3) is 5.91 Å². The second-order valence-corrected chi connectivity index (χ2v) is 8.72. The summed E-state index contributed by atoms with van der Waals surface area (Å²) < 4.78 is 12.3. The van der Waals surface area contributed by atoms with Gasteiger partial charge in [-0.1, -0.05) is 29.0 Å². The SMILES string of the molecule is Cc1ccc(Cl)c2sc(N(CCN3CCOCC3)C(=O)c3ccc(Br)o3)nc12.Cl. The normalized spacial score (nSPS) is 14.7. The van der Waals surface area contributed by atoms with Gasteiger partial charge in [0.15, 0.2) is 15.6 Å². The molecule has 0 saturated carbocycles. The zero-order valence-electron chi connectivity index (χ0n) is 15.7. The van der Waals surface area contributed by atoms with Crippen LogP contribution in [0.2, 0.25) is 5.02 Å². The van der Waals surface area contributed by atoms with Gasteiger partial charge in [-0.3, -0.25) is 14.6 Å². The van der Waals surface area contributed by atoms with Gasteiger partial charge >= 0.3 is 0 Å². The fourth-order valence-corrected chi connectivity index (χ4v) is 4.77. The number of aromatic nitrogens is 1. The summed E-state index contributed by atoms with van der Waals surface area (Å²) in [4.78, 5) is 21.9. The summed E-state index contributed by atoms with van der Waals surface area (Å²) in [6.45, 7) is 6.39. The number of nitrogens with zero attached hydrogens (tertiary/aromatic N) is 3. The number of ether oxygens (including phenoxy) is 1. The van der Waals surface area contributed by atoms with Crippen LogP contribution in [-0.2, 0) is 4.74 Å². The number of carbonyl (C=O) groups excluding carboxylic acids is 1. The minimum absolute atomic E-state index is 0. The Morgan fingerprint density at radius 2 is 2.07 bits per heavy atom. The lowest BCUT2D eigenvalue weighted by Gasteiger charge is -2.28. The monoisotopic (exact) mass is 519 g/mol. The topological polar surface area (TPSA) is 58.8 Å². The molecule has 0 aliphatic carbocycles. The first-order chi connectivity index (χ1) is 13.5. The second kappa shape index (κ2) is 9.76. The number of rotatable bonds is 5. The van der Waals surface area contributed by atoms with Crippen LogP contribution < -0.4 is 4.90 Å². The summed E-state index contributed by atoms with van der Waals surface area (Å²) in [5, 5.41) is 1.27. The van der Waals surface area contributed by atoms with Crippen LogP contribution in [0.4, 0.5) is 5.13 Å². The number of anilines is 1. The van der Waals surface area contributed by atoms with E-state index in [4.69, 9.17) is 25.7 Å². The fraction of sp³-hybridized carbons (Fsp3) is 0.368. The predicted molar refractivity (Wildman–Crippen MR) is 122 cm³/mol. The van der Waals surface area contributed by atoms with Crippen molar-refractivity contribution in [3.63, 3.8) is 0 Å². The number of hydrogen-bond donors (Lipinski definition) is 0. The number of benzene rings is 1. The van der Waals surface area contributed by atoms with Crippen molar-refractivity contribution < 1.29 is 13.9 Å². The molecule has 0 radical (unpaired) electrons. The van der Waals surface area contributed by atoms with Gasteiger partial charge in [-0.15, -0.1) is 12.4 Å². The Balaban J connectivity index is 0.00000240. The van der Waals surface area contributed by atoms with E-state index in [0.717, 1.165) is 48.6 Å². The molecule has 1 aliphatic rings. The molecule has 0 bridgehead atoms. The molecule has 1 aromatic carbocycles. The van der Waals surface area contributed by atoms with Gasteiger partial charge in [-0.25, -0.2) is 4.98 Å². The third kappa shape index (κ3) is 4.95. The maximum atomic E-state index is 13.2. The number of morpholine rings is 1. The summed E-state index contributed by atoms with van der Waals surface area (Å²) in [6.07, 6.45) is 0. The molecule has 29 heavy (non-hydrogen) atoms. The average Bonchev–Trinajstić information content (AvgIpc) is 3.33. The Morgan fingerprint density at radius 1 is 1.31 bits per heavy atom. The van der Waals surface area contributed by atoms with Crippen LogP contribution in [0.25, 0.3) is 10.2 Å². The van der Waals surface area contributed by atoms with E-state index in [1.807, 2.05) is 19.1 Å². The van der Waals surface area contributed by atoms with Crippen LogP contribution in [0, 0.1) is 6.92 Å². The van der Waals surface area contributed by atoms with Crippen LogP contribution in [0.3, 0.4) is 0 Å². The highest BCUT2D eigenvalue weighted by Crippen LogP contribution is 2.36. The highest BCUT2D eigenvalue weighted by atomic mass is 79.9. The van der Waals surface area contributed by atoms with E-state index < -0.39 is 0 Å². The Labute approximate surface area is 192 Å². The standard InChI is InChI=1S/C19H19BrClN3O3S.ClH/c1-12-2-3-13(21)17-16(12)22-19(28-17)24(7-6-23-8-10-26-11-9-23)18(25)14-4-5-15(20)27-14;/h2-5H,6-11H2,1H3;1H. The molecular formula is C19H20BrCl2N3O3S. The number of aryl methyl sites for hydroxylation is 1. The molecule has 0 atom stereocenters. The van der Waals surface area contributed by atoms with Gasteiger partial charge in [0.2, 0.25) is 0 Å². The minimum Gasteiger partial charge on any atom is -0.444 e. The quantitative estimate of drug-likeness (QED) is 0.473. The van der Waals surface area contributed by atoms with E-state index in [1.54, 1.807) is 17.0 Å². The number of furan rings is 1. The average molecular weight is 521 g/mol. The third-order valence-corrected chi connectivity index (χ3v) is 6.65. The molecule has 156 valence electrons. The van der Waals surface area contributed by atoms with Crippen LogP contribution in [-0.4, -0.2) is 55.2 Å². The molecule has 0 spiro atoms. The molecule has 2 aromatic heterocycles. The van der Waals surface area contributed by atoms with Crippen molar-refractivity contribution in [1.82, 2.24) is 9.88 Å². The van der Waals surface area contributed by atoms with Gasteiger partial charge in [0.05, 0.1) is 28.5 Å². The zero-order chi connectivity index (χ0) is 19.7. The van der Waals surface area contributed by atoms with E-state index in [1.165, 1.54) is 11.3 Å². The van der Waals surface area contributed by atoms with E-state index in [2.05, 4.69) is 20.8 Å². The number of halogens is 3. The molecular weight excluding hydrogens is 501 g/mol. The summed E-state index contributed by atoms with van der Waals surface area (Å²) in [5.74, 6) is 0.0581. The number of fused-ring (bicyclic) bond motifs is 1. The molecule has 10 heteroatoms. The molecule has 1 aliphatic heterocycles. The minimum atomic E-state index is -0.216. The van der Waals surface area contributed by atoms with Crippen LogP contribution in [0.1, 0.15) is 16.1 Å². The predicted octanol–water partition coefficient (Wildman–Crippen LogP) is 5.01. The first-order valence-corrected chi connectivity index (χ1v) is 10.9. The molecule has 4 rings (SSSR count). The lowest BCUT2D eigenvalue weighted by atomic mass is 10.2. The van der Waals surface area contributed by atoms with Gasteiger partial charge < -0.3 is 9.15 Å². The maximum absolute atomic E-state index is 13.2. The summed E-state index contributed by atoms with van der Waals surface area (Å²) in [7, 11) is 0. The molecule has 1 saturated heterocycles. The Kier molecular flexibility index (Phi) is 7.58. The zero-order valence-corrected chi connectivity index (χ0v) is 19.7. The number of carbonyl (C=O) groups is 1. The molecule has 3 aromatic rings. The van der Waals surface area contributed by atoms with Crippen molar-refractivity contribution in [2.75, 3.05) is 44.3 Å². The van der Waals surface area contributed by atoms with Crippen molar-refractivity contribution in [1.29, 1.82) is 0 Å². The first kappa shape index (κ1) is 22.5. The Hall–Kier alpha value is -1.16. The van der Waals surface area contributed by atoms with Gasteiger partial charge in [-0.05, 0) is 46.6 Å². The summed E-state index contributed by atoms with van der Waals surface area (Å²) >= 11 is 11.1. The third-order valence-electron chi connectivity index (χ3n) is 4.69. The first-order valence-electron chi connectivity index (χ1n) is 8.96. The highest BCUT2D eigenvalue weighted by molar-refractivity contribution is 9.10. The summed E-state index contributed by atoms with van der Waals surface area (Å²) in [5.41, 5.74) is 1.86. The lowest BCUT2D eigenvalue weighted by molar-refractivity contribution is 0.0390. The number of amides is 1.